The smallest absolute Gasteiger partial charge is 0.246 e. The number of benzene rings is 2. The van der Waals surface area contributed by atoms with Crippen LogP contribution in [0.5, 0.6) is 5.75 Å². The summed E-state index contributed by atoms with van der Waals surface area (Å²) in [6.07, 6.45) is 5.87. The molecule has 0 aliphatic carbocycles. The van der Waals surface area contributed by atoms with Crippen molar-refractivity contribution < 1.29 is 9.90 Å². The highest BCUT2D eigenvalue weighted by Gasteiger charge is 2.36. The van der Waals surface area contributed by atoms with Crippen LogP contribution < -0.4 is 9.80 Å². The number of fused-ring (bicyclic) bond motifs is 4. The van der Waals surface area contributed by atoms with Gasteiger partial charge in [-0.15, -0.1) is 0 Å². The van der Waals surface area contributed by atoms with Gasteiger partial charge in [0, 0.05) is 67.0 Å². The first kappa shape index (κ1) is 28.2. The van der Waals surface area contributed by atoms with Gasteiger partial charge >= 0.3 is 0 Å². The number of piperidine rings is 1. The predicted octanol–water partition coefficient (Wildman–Crippen LogP) is 4.23. The van der Waals surface area contributed by atoms with Gasteiger partial charge in [-0.1, -0.05) is 30.8 Å². The summed E-state index contributed by atoms with van der Waals surface area (Å²) in [6, 6.07) is 14.6. The molecule has 3 aliphatic heterocycles. The molecule has 2 aromatic carbocycles. The van der Waals surface area contributed by atoms with Crippen LogP contribution >= 0.6 is 0 Å². The number of carbonyl (C=O) groups excluding carboxylic acids is 1. The lowest BCUT2D eigenvalue weighted by Gasteiger charge is -2.44. The molecule has 10 nitrogen and oxygen atoms in total. The maximum absolute atomic E-state index is 12.6. The van der Waals surface area contributed by atoms with Crippen molar-refractivity contribution in [2.45, 2.75) is 50.4 Å². The zero-order valence-electron chi connectivity index (χ0n) is 25.4. The summed E-state index contributed by atoms with van der Waals surface area (Å²) in [7, 11) is 4.23. The average molecular weight is 591 g/mol. The van der Waals surface area contributed by atoms with E-state index in [-0.39, 0.29) is 23.7 Å². The second kappa shape index (κ2) is 11.1. The predicted molar refractivity (Wildman–Crippen MR) is 172 cm³/mol. The fourth-order valence-electron chi connectivity index (χ4n) is 7.29. The van der Waals surface area contributed by atoms with Crippen LogP contribution in [-0.2, 0) is 17.8 Å². The first-order valence-electron chi connectivity index (χ1n) is 15.4. The Labute approximate surface area is 257 Å². The average Bonchev–Trinajstić information content (AvgIpc) is 3.45. The third-order valence-electron chi connectivity index (χ3n) is 9.78. The minimum absolute atomic E-state index is 0.115. The minimum atomic E-state index is -0.162. The van der Waals surface area contributed by atoms with Crippen LogP contribution in [0.1, 0.15) is 36.6 Å². The second-order valence-electron chi connectivity index (χ2n) is 12.5. The number of aromatic hydroxyl groups is 1. The molecule has 5 heterocycles. The van der Waals surface area contributed by atoms with Crippen molar-refractivity contribution >= 4 is 39.2 Å². The number of nitriles is 1. The number of likely N-dealkylation sites (N-methyl/N-ethyl adjacent to an activating group) is 1. The summed E-state index contributed by atoms with van der Waals surface area (Å²) < 4.78 is 2.31. The zero-order chi connectivity index (χ0) is 30.5. The maximum atomic E-state index is 12.6. The largest absolute Gasteiger partial charge is 0.508 e. The lowest BCUT2D eigenvalue weighted by atomic mass is 9.94. The zero-order valence-corrected chi connectivity index (χ0v) is 25.4. The summed E-state index contributed by atoms with van der Waals surface area (Å²) in [5, 5.41) is 22.3. The summed E-state index contributed by atoms with van der Waals surface area (Å²) in [6.45, 7) is 7.46. The number of hydrogen-bond acceptors (Lipinski definition) is 8. The van der Waals surface area contributed by atoms with Crippen molar-refractivity contribution in [3.8, 4) is 11.8 Å². The molecule has 3 aliphatic rings. The van der Waals surface area contributed by atoms with E-state index in [1.807, 2.05) is 36.7 Å². The number of nitrogens with zero attached hydrogens (tertiary/aromatic N) is 8. The topological polar surface area (TPSA) is 105 Å². The number of carbonyl (C=O) groups is 1. The Balaban J connectivity index is 1.30. The highest BCUT2D eigenvalue weighted by atomic mass is 16.3. The molecule has 2 aromatic heterocycles. The van der Waals surface area contributed by atoms with E-state index < -0.39 is 0 Å². The number of pyridine rings is 1. The van der Waals surface area contributed by atoms with Gasteiger partial charge < -0.3 is 29.3 Å². The molecule has 2 saturated heterocycles. The van der Waals surface area contributed by atoms with E-state index in [4.69, 9.17) is 9.97 Å². The molecular weight excluding hydrogens is 552 g/mol. The van der Waals surface area contributed by atoms with Gasteiger partial charge in [-0.3, -0.25) is 4.79 Å². The lowest BCUT2D eigenvalue weighted by Crippen LogP contribution is -2.58. The summed E-state index contributed by atoms with van der Waals surface area (Å²) >= 11 is 0. The van der Waals surface area contributed by atoms with Crippen LogP contribution in [0.3, 0.4) is 0 Å². The quantitative estimate of drug-likeness (QED) is 0.333. The molecule has 1 N–H and O–H groups in total. The third kappa shape index (κ3) is 4.72. The highest BCUT2D eigenvalue weighted by Crippen LogP contribution is 2.40. The number of phenols is 1. The van der Waals surface area contributed by atoms with E-state index >= 15 is 0 Å². The van der Waals surface area contributed by atoms with Crippen LogP contribution in [0, 0.1) is 11.3 Å². The number of phenolic OH excluding ortho intramolecular Hbond substituents is 1. The standard InChI is InChI=1S/C34H38N8O2/c1-4-31(44)41-14-10-24(16-23(41)9-12-35)42-21-36-32-33(42)28-11-13-39(30-17-26(43)15-22-7-5-6-8-27(22)30)20-29(28)37-34(32)40-18-25(19-40)38(2)3/h4-8,15,17,21,23-25,43H,1,9-11,13-14,16,18-20H2,2-3H3. The van der Waals surface area contributed by atoms with Crippen molar-refractivity contribution in [2.75, 3.05) is 50.1 Å². The van der Waals surface area contributed by atoms with E-state index in [0.29, 0.717) is 32.0 Å². The molecule has 2 atom stereocenters. The fourth-order valence-corrected chi connectivity index (χ4v) is 7.29. The lowest BCUT2D eigenvalue weighted by molar-refractivity contribution is -0.130. The Bertz CT molecular complexity index is 1800. The monoisotopic (exact) mass is 590 g/mol. The van der Waals surface area contributed by atoms with Crippen LogP contribution in [0.25, 0.3) is 21.8 Å². The molecule has 2 unspecified atom stereocenters. The van der Waals surface area contributed by atoms with Crippen LogP contribution in [0.15, 0.2) is 55.4 Å². The van der Waals surface area contributed by atoms with Gasteiger partial charge in [-0.25, -0.2) is 9.97 Å². The fraction of sp³-hybridized carbons (Fsp3) is 0.412. The molecule has 4 aromatic rings. The van der Waals surface area contributed by atoms with Gasteiger partial charge in [-0.2, -0.15) is 5.26 Å². The van der Waals surface area contributed by atoms with Gasteiger partial charge in [0.1, 0.15) is 11.3 Å². The normalized spacial score (nSPS) is 20.5. The summed E-state index contributed by atoms with van der Waals surface area (Å²) in [5.41, 5.74) is 5.32. The molecule has 0 bridgehead atoms. The number of imidazole rings is 1. The molecule has 0 spiro atoms. The summed E-state index contributed by atoms with van der Waals surface area (Å²) in [4.78, 5) is 31.6. The van der Waals surface area contributed by atoms with Gasteiger partial charge in [0.15, 0.2) is 5.82 Å². The molecule has 226 valence electrons. The second-order valence-corrected chi connectivity index (χ2v) is 12.5. The van der Waals surface area contributed by atoms with Crippen LogP contribution in [-0.4, -0.2) is 87.7 Å². The van der Waals surface area contributed by atoms with E-state index in [9.17, 15) is 15.2 Å². The van der Waals surface area contributed by atoms with Gasteiger partial charge in [-0.05, 0) is 50.9 Å². The SMILES string of the molecule is C=CC(=O)N1CCC(n2cnc3c(N4CC(N(C)C)C4)nc4c(c32)CCN(c2cc(O)cc3ccccc23)C4)CC1CC#N. The van der Waals surface area contributed by atoms with E-state index in [2.05, 4.69) is 52.1 Å². The van der Waals surface area contributed by atoms with Gasteiger partial charge in [0.2, 0.25) is 5.91 Å². The Morgan fingerprint density at radius 3 is 2.80 bits per heavy atom. The van der Waals surface area contributed by atoms with Crippen LogP contribution in [0.4, 0.5) is 11.5 Å². The van der Waals surface area contributed by atoms with E-state index in [0.717, 1.165) is 71.5 Å². The molecule has 2 fully saturated rings. The molecule has 0 radical (unpaired) electrons. The van der Waals surface area contributed by atoms with Gasteiger partial charge in [0.25, 0.3) is 0 Å². The maximum Gasteiger partial charge on any atom is 0.246 e. The molecule has 7 rings (SSSR count). The molecule has 1 amide bonds. The van der Waals surface area contributed by atoms with Crippen molar-refractivity contribution in [2.24, 2.45) is 0 Å². The number of hydrogen-bond donors (Lipinski definition) is 1. The number of anilines is 2. The molecule has 0 saturated carbocycles. The Morgan fingerprint density at radius 2 is 2.02 bits per heavy atom. The van der Waals surface area contributed by atoms with Gasteiger partial charge in [0.05, 0.1) is 36.6 Å². The van der Waals surface area contributed by atoms with E-state index in [1.165, 1.54) is 11.6 Å². The first-order chi connectivity index (χ1) is 21.4. The Hall–Kier alpha value is -4.62. The number of aromatic nitrogens is 3. The third-order valence-corrected chi connectivity index (χ3v) is 9.78. The molecule has 44 heavy (non-hydrogen) atoms. The number of rotatable bonds is 6. The molecule has 10 heteroatoms. The summed E-state index contributed by atoms with van der Waals surface area (Å²) in [5.74, 6) is 1.07. The Kier molecular flexibility index (Phi) is 7.13. The van der Waals surface area contributed by atoms with Crippen molar-refractivity contribution in [3.05, 3.63) is 66.6 Å². The van der Waals surface area contributed by atoms with Crippen LogP contribution in [0.2, 0.25) is 0 Å². The highest BCUT2D eigenvalue weighted by molar-refractivity contribution is 5.96. The molecular formula is C34H38N8O2. The van der Waals surface area contributed by atoms with Crippen molar-refractivity contribution in [3.63, 3.8) is 0 Å². The number of likely N-dealkylation sites (tertiary alicyclic amines) is 1. The number of amides is 1. The van der Waals surface area contributed by atoms with Crippen molar-refractivity contribution in [1.82, 2.24) is 24.3 Å². The van der Waals surface area contributed by atoms with E-state index in [1.54, 1.807) is 4.90 Å². The Morgan fingerprint density at radius 1 is 1.20 bits per heavy atom. The van der Waals surface area contributed by atoms with Crippen molar-refractivity contribution in [1.29, 1.82) is 5.26 Å². The first-order valence-corrected chi connectivity index (χ1v) is 15.4. The minimum Gasteiger partial charge on any atom is -0.508 e.